The van der Waals surface area contributed by atoms with E-state index in [0.717, 1.165) is 11.1 Å². The Morgan fingerprint density at radius 1 is 1.24 bits per heavy atom. The molecule has 21 heavy (non-hydrogen) atoms. The van der Waals surface area contributed by atoms with Crippen LogP contribution >= 0.6 is 12.4 Å². The minimum atomic E-state index is -0.500. The van der Waals surface area contributed by atoms with Crippen LogP contribution in [0.25, 0.3) is 0 Å². The van der Waals surface area contributed by atoms with Crippen molar-refractivity contribution in [3.63, 3.8) is 0 Å². The summed E-state index contributed by atoms with van der Waals surface area (Å²) in [6.07, 6.45) is 0. The number of halogens is 1. The molecule has 0 saturated heterocycles. The Morgan fingerprint density at radius 2 is 1.76 bits per heavy atom. The van der Waals surface area contributed by atoms with Gasteiger partial charge >= 0.3 is 0 Å². The highest BCUT2D eigenvalue weighted by atomic mass is 35.5. The first-order valence-corrected chi connectivity index (χ1v) is 7.03. The van der Waals surface area contributed by atoms with Crippen molar-refractivity contribution in [2.45, 2.75) is 46.9 Å². The van der Waals surface area contributed by atoms with Crippen LogP contribution < -0.4 is 11.1 Å². The summed E-state index contributed by atoms with van der Waals surface area (Å²) in [5, 5.41) is 2.87. The molecule has 0 aliphatic rings. The largest absolute Gasteiger partial charge is 0.377 e. The number of benzene rings is 1. The van der Waals surface area contributed by atoms with E-state index in [1.807, 2.05) is 52.0 Å². The minimum Gasteiger partial charge on any atom is -0.377 e. The van der Waals surface area contributed by atoms with Gasteiger partial charge in [0.1, 0.15) is 0 Å². The van der Waals surface area contributed by atoms with Crippen molar-refractivity contribution in [1.29, 1.82) is 0 Å². The number of nitrogens with two attached hydrogens (primary N) is 1. The molecular weight excluding hydrogens is 288 g/mol. The minimum absolute atomic E-state index is 0. The normalized spacial score (nSPS) is 12.4. The number of hydrogen-bond donors (Lipinski definition) is 2. The maximum atomic E-state index is 11.9. The van der Waals surface area contributed by atoms with Crippen molar-refractivity contribution in [1.82, 2.24) is 5.32 Å². The SMILES string of the molecule is CCOCc1ccc(CNC(=O)[C@@H](N)C(C)(C)C)cc1.Cl. The molecule has 0 aliphatic carbocycles. The zero-order valence-corrected chi connectivity index (χ0v) is 14.1. The summed E-state index contributed by atoms with van der Waals surface area (Å²) in [7, 11) is 0. The Kier molecular flexibility index (Phi) is 8.55. The first-order valence-electron chi connectivity index (χ1n) is 7.03. The van der Waals surface area contributed by atoms with Crippen molar-refractivity contribution < 1.29 is 9.53 Å². The second-order valence-corrected chi connectivity index (χ2v) is 6.02. The van der Waals surface area contributed by atoms with Crippen LogP contribution in [0.2, 0.25) is 0 Å². The smallest absolute Gasteiger partial charge is 0.237 e. The Morgan fingerprint density at radius 3 is 2.24 bits per heavy atom. The molecule has 0 bridgehead atoms. The van der Waals surface area contributed by atoms with Crippen LogP contribution in [0, 0.1) is 5.41 Å². The van der Waals surface area contributed by atoms with Gasteiger partial charge in [0, 0.05) is 13.2 Å². The fraction of sp³-hybridized carbons (Fsp3) is 0.562. The number of carbonyl (C=O) groups is 1. The molecule has 0 spiro atoms. The molecular formula is C16H27ClN2O2. The third-order valence-electron chi connectivity index (χ3n) is 3.18. The lowest BCUT2D eigenvalue weighted by Crippen LogP contribution is -2.48. The summed E-state index contributed by atoms with van der Waals surface area (Å²) in [5.41, 5.74) is 7.87. The molecule has 5 heteroatoms. The first kappa shape index (κ1) is 19.9. The van der Waals surface area contributed by atoms with E-state index < -0.39 is 6.04 Å². The fourth-order valence-electron chi connectivity index (χ4n) is 1.67. The summed E-state index contributed by atoms with van der Waals surface area (Å²) in [6, 6.07) is 7.52. The maximum absolute atomic E-state index is 11.9. The first-order chi connectivity index (χ1) is 9.34. The van der Waals surface area contributed by atoms with Gasteiger partial charge in [0.2, 0.25) is 5.91 Å². The highest BCUT2D eigenvalue weighted by Crippen LogP contribution is 2.17. The molecule has 0 fully saturated rings. The fourth-order valence-corrected chi connectivity index (χ4v) is 1.67. The van der Waals surface area contributed by atoms with Crippen LogP contribution in [0.5, 0.6) is 0 Å². The Labute approximate surface area is 133 Å². The molecule has 0 unspecified atom stereocenters. The van der Waals surface area contributed by atoms with Gasteiger partial charge in [0.25, 0.3) is 0 Å². The van der Waals surface area contributed by atoms with Gasteiger partial charge in [-0.1, -0.05) is 45.0 Å². The van der Waals surface area contributed by atoms with Gasteiger partial charge in [-0.3, -0.25) is 4.79 Å². The molecule has 3 N–H and O–H groups in total. The Balaban J connectivity index is 0.00000400. The third kappa shape index (κ3) is 6.93. The second kappa shape index (κ2) is 9.03. The van der Waals surface area contributed by atoms with E-state index in [4.69, 9.17) is 10.5 Å². The molecule has 120 valence electrons. The molecule has 0 heterocycles. The van der Waals surface area contributed by atoms with Gasteiger partial charge in [0.15, 0.2) is 0 Å². The van der Waals surface area contributed by atoms with Crippen molar-refractivity contribution in [2.24, 2.45) is 11.1 Å². The molecule has 1 atom stereocenters. The average molecular weight is 315 g/mol. The second-order valence-electron chi connectivity index (χ2n) is 6.02. The highest BCUT2D eigenvalue weighted by Gasteiger charge is 2.26. The summed E-state index contributed by atoms with van der Waals surface area (Å²) in [5.74, 6) is -0.115. The average Bonchev–Trinajstić information content (AvgIpc) is 2.41. The van der Waals surface area contributed by atoms with E-state index in [1.165, 1.54) is 0 Å². The van der Waals surface area contributed by atoms with Crippen LogP contribution in [-0.2, 0) is 22.7 Å². The zero-order valence-electron chi connectivity index (χ0n) is 13.3. The molecule has 1 rings (SSSR count). The number of rotatable bonds is 6. The van der Waals surface area contributed by atoms with Gasteiger partial charge < -0.3 is 15.8 Å². The number of hydrogen-bond acceptors (Lipinski definition) is 3. The lowest BCUT2D eigenvalue weighted by molar-refractivity contribution is -0.124. The van der Waals surface area contributed by atoms with Gasteiger partial charge in [-0.2, -0.15) is 0 Å². The topological polar surface area (TPSA) is 64.3 Å². The summed E-state index contributed by atoms with van der Waals surface area (Å²) < 4.78 is 5.34. The van der Waals surface area contributed by atoms with E-state index in [0.29, 0.717) is 19.8 Å². The highest BCUT2D eigenvalue weighted by molar-refractivity contribution is 5.85. The molecule has 0 radical (unpaired) electrons. The lowest BCUT2D eigenvalue weighted by atomic mass is 9.87. The summed E-state index contributed by atoms with van der Waals surface area (Å²) >= 11 is 0. The van der Waals surface area contributed by atoms with E-state index >= 15 is 0 Å². The summed E-state index contributed by atoms with van der Waals surface area (Å²) in [6.45, 7) is 9.68. The molecule has 0 aromatic heterocycles. The third-order valence-corrected chi connectivity index (χ3v) is 3.18. The zero-order chi connectivity index (χ0) is 15.2. The van der Waals surface area contributed by atoms with Gasteiger partial charge in [-0.05, 0) is 23.5 Å². The van der Waals surface area contributed by atoms with Crippen molar-refractivity contribution in [3.8, 4) is 0 Å². The number of carbonyl (C=O) groups excluding carboxylic acids is 1. The van der Waals surface area contributed by atoms with Crippen molar-refractivity contribution >= 4 is 18.3 Å². The van der Waals surface area contributed by atoms with E-state index in [-0.39, 0.29) is 23.7 Å². The predicted octanol–water partition coefficient (Wildman–Crippen LogP) is 2.63. The molecule has 4 nitrogen and oxygen atoms in total. The van der Waals surface area contributed by atoms with Crippen LogP contribution in [0.1, 0.15) is 38.8 Å². The van der Waals surface area contributed by atoms with Gasteiger partial charge in [-0.25, -0.2) is 0 Å². The molecule has 0 aliphatic heterocycles. The monoisotopic (exact) mass is 314 g/mol. The standard InChI is InChI=1S/C16H26N2O2.ClH/c1-5-20-11-13-8-6-12(7-9-13)10-18-15(19)14(17)16(2,3)4;/h6-9,14H,5,10-11,17H2,1-4H3,(H,18,19);1H/t14-;/m1./s1. The van der Waals surface area contributed by atoms with Gasteiger partial charge in [-0.15, -0.1) is 12.4 Å². The van der Waals surface area contributed by atoms with Crippen molar-refractivity contribution in [2.75, 3.05) is 6.61 Å². The molecule has 1 aromatic rings. The Bertz CT molecular complexity index is 427. The van der Waals surface area contributed by atoms with E-state index in [1.54, 1.807) is 0 Å². The summed E-state index contributed by atoms with van der Waals surface area (Å²) in [4.78, 5) is 11.9. The van der Waals surface area contributed by atoms with Crippen molar-refractivity contribution in [3.05, 3.63) is 35.4 Å². The Hall–Kier alpha value is -1.10. The molecule has 1 amide bonds. The number of amides is 1. The van der Waals surface area contributed by atoms with E-state index in [2.05, 4.69) is 5.32 Å². The number of ether oxygens (including phenoxy) is 1. The number of nitrogens with one attached hydrogen (secondary N) is 1. The van der Waals surface area contributed by atoms with Gasteiger partial charge in [0.05, 0.1) is 12.6 Å². The van der Waals surface area contributed by atoms with E-state index in [9.17, 15) is 4.79 Å². The van der Waals surface area contributed by atoms with Crippen LogP contribution in [0.15, 0.2) is 24.3 Å². The molecule has 1 aromatic carbocycles. The van der Waals surface area contributed by atoms with Crippen LogP contribution in [0.4, 0.5) is 0 Å². The quantitative estimate of drug-likeness (QED) is 0.848. The molecule has 0 saturated carbocycles. The van der Waals surface area contributed by atoms with Crippen LogP contribution in [0.3, 0.4) is 0 Å². The van der Waals surface area contributed by atoms with Crippen LogP contribution in [-0.4, -0.2) is 18.6 Å². The lowest BCUT2D eigenvalue weighted by Gasteiger charge is -2.25. The predicted molar refractivity (Wildman–Crippen MR) is 88.3 cm³/mol. The maximum Gasteiger partial charge on any atom is 0.237 e.